The molecule has 3 aromatic rings. The molecule has 0 unspecified atom stereocenters. The number of carbonyl (C=O) groups excluding carboxylic acids is 3. The van der Waals surface area contributed by atoms with Crippen molar-refractivity contribution >= 4 is 29.2 Å². The maximum Gasteiger partial charge on any atom is 0.311 e. The number of hydrogen-bond donors (Lipinski definition) is 1. The standard InChI is InChI=1S/C24H20N2O5/c1-30-18-9-7-17(8-10-18)26-23(28)20-12-11-19(14-21(20)24(26)29)31-22(27)13-4-15-2-5-16(25)6-3-15/h2-3,5-12,14H,4,13,25H2,1H3. The van der Waals surface area contributed by atoms with Crippen LogP contribution in [0.1, 0.15) is 32.7 Å². The topological polar surface area (TPSA) is 98.9 Å². The fourth-order valence-corrected chi connectivity index (χ4v) is 3.36. The summed E-state index contributed by atoms with van der Waals surface area (Å²) in [5, 5.41) is 0. The summed E-state index contributed by atoms with van der Waals surface area (Å²) >= 11 is 0. The lowest BCUT2D eigenvalue weighted by atomic mass is 10.1. The van der Waals surface area contributed by atoms with Gasteiger partial charge in [0, 0.05) is 12.1 Å². The number of hydrogen-bond acceptors (Lipinski definition) is 6. The van der Waals surface area contributed by atoms with E-state index in [1.165, 1.54) is 25.3 Å². The molecule has 4 rings (SSSR count). The number of nitrogens with zero attached hydrogens (tertiary/aromatic N) is 1. The lowest BCUT2D eigenvalue weighted by Crippen LogP contribution is -2.29. The van der Waals surface area contributed by atoms with Crippen molar-refractivity contribution in [2.45, 2.75) is 12.8 Å². The van der Waals surface area contributed by atoms with E-state index in [1.54, 1.807) is 36.4 Å². The number of nitrogen functional groups attached to an aromatic ring is 1. The second-order valence-electron chi connectivity index (χ2n) is 7.07. The summed E-state index contributed by atoms with van der Waals surface area (Å²) in [5.41, 5.74) is 8.19. The van der Waals surface area contributed by atoms with Crippen molar-refractivity contribution < 1.29 is 23.9 Å². The third kappa shape index (κ3) is 4.11. The first-order valence-corrected chi connectivity index (χ1v) is 9.68. The molecule has 7 heteroatoms. The van der Waals surface area contributed by atoms with Crippen LogP contribution in [0.15, 0.2) is 66.7 Å². The van der Waals surface area contributed by atoms with E-state index >= 15 is 0 Å². The van der Waals surface area contributed by atoms with Crippen LogP contribution < -0.4 is 20.1 Å². The first-order valence-electron chi connectivity index (χ1n) is 9.68. The van der Waals surface area contributed by atoms with E-state index in [0.717, 1.165) is 10.5 Å². The SMILES string of the molecule is COc1ccc(N2C(=O)c3ccc(OC(=O)CCc4ccc(N)cc4)cc3C2=O)cc1. The Morgan fingerprint density at radius 1 is 0.871 bits per heavy atom. The van der Waals surface area contributed by atoms with Crippen molar-refractivity contribution in [3.05, 3.63) is 83.4 Å². The summed E-state index contributed by atoms with van der Waals surface area (Å²) in [6, 6.07) is 18.3. The molecule has 1 aliphatic heterocycles. The van der Waals surface area contributed by atoms with Gasteiger partial charge >= 0.3 is 5.97 Å². The Labute approximate surface area is 179 Å². The van der Waals surface area contributed by atoms with E-state index in [4.69, 9.17) is 15.2 Å². The number of rotatable bonds is 6. The van der Waals surface area contributed by atoms with Gasteiger partial charge in [0.2, 0.25) is 0 Å². The quantitative estimate of drug-likeness (QED) is 0.285. The molecule has 0 atom stereocenters. The van der Waals surface area contributed by atoms with Gasteiger partial charge in [-0.05, 0) is 66.6 Å². The highest BCUT2D eigenvalue weighted by Gasteiger charge is 2.37. The third-order valence-corrected chi connectivity index (χ3v) is 5.02. The number of fused-ring (bicyclic) bond motifs is 1. The van der Waals surface area contributed by atoms with Crippen LogP contribution >= 0.6 is 0 Å². The Bertz CT molecular complexity index is 1150. The Morgan fingerprint density at radius 3 is 2.19 bits per heavy atom. The zero-order valence-electron chi connectivity index (χ0n) is 16.8. The zero-order valence-corrected chi connectivity index (χ0v) is 16.8. The first-order chi connectivity index (χ1) is 15.0. The van der Waals surface area contributed by atoms with Gasteiger partial charge < -0.3 is 15.2 Å². The number of methoxy groups -OCH3 is 1. The van der Waals surface area contributed by atoms with Crippen LogP contribution in [0.5, 0.6) is 11.5 Å². The highest BCUT2D eigenvalue weighted by molar-refractivity contribution is 6.34. The number of nitrogens with two attached hydrogens (primary N) is 1. The van der Waals surface area contributed by atoms with E-state index in [2.05, 4.69) is 0 Å². The molecule has 0 aromatic heterocycles. The molecule has 7 nitrogen and oxygen atoms in total. The lowest BCUT2D eigenvalue weighted by Gasteiger charge is -2.14. The van der Waals surface area contributed by atoms with Crippen molar-refractivity contribution in [2.24, 2.45) is 0 Å². The molecule has 156 valence electrons. The molecule has 0 fully saturated rings. The monoisotopic (exact) mass is 416 g/mol. The number of amides is 2. The Balaban J connectivity index is 1.46. The molecule has 0 radical (unpaired) electrons. The summed E-state index contributed by atoms with van der Waals surface area (Å²) in [7, 11) is 1.54. The third-order valence-electron chi connectivity index (χ3n) is 5.02. The fraction of sp³-hybridized carbons (Fsp3) is 0.125. The van der Waals surface area contributed by atoms with Gasteiger partial charge in [-0.2, -0.15) is 0 Å². The van der Waals surface area contributed by atoms with Gasteiger partial charge in [-0.25, -0.2) is 4.90 Å². The van der Waals surface area contributed by atoms with Gasteiger partial charge in [-0.3, -0.25) is 14.4 Å². The van der Waals surface area contributed by atoms with Crippen LogP contribution in [-0.4, -0.2) is 24.9 Å². The molecule has 0 spiro atoms. The van der Waals surface area contributed by atoms with Crippen molar-refractivity contribution in [2.75, 3.05) is 17.7 Å². The van der Waals surface area contributed by atoms with Gasteiger partial charge in [0.05, 0.1) is 23.9 Å². The minimum absolute atomic E-state index is 0.172. The van der Waals surface area contributed by atoms with Crippen molar-refractivity contribution in [3.8, 4) is 11.5 Å². The molecular formula is C24H20N2O5. The highest BCUT2D eigenvalue weighted by Crippen LogP contribution is 2.31. The Kier molecular flexibility index (Phi) is 5.41. The predicted molar refractivity (Wildman–Crippen MR) is 115 cm³/mol. The number of imide groups is 1. The van der Waals surface area contributed by atoms with Crippen LogP contribution in [-0.2, 0) is 11.2 Å². The first kappa shape index (κ1) is 20.2. The number of anilines is 2. The maximum absolute atomic E-state index is 12.9. The molecule has 2 N–H and O–H groups in total. The van der Waals surface area contributed by atoms with E-state index in [9.17, 15) is 14.4 Å². The second-order valence-corrected chi connectivity index (χ2v) is 7.07. The number of benzene rings is 3. The minimum atomic E-state index is -0.468. The van der Waals surface area contributed by atoms with E-state index < -0.39 is 17.8 Å². The summed E-state index contributed by atoms with van der Waals surface area (Å²) in [6.07, 6.45) is 0.679. The largest absolute Gasteiger partial charge is 0.497 e. The second kappa shape index (κ2) is 8.31. The average molecular weight is 416 g/mol. The van der Waals surface area contributed by atoms with Gasteiger partial charge in [0.1, 0.15) is 11.5 Å². The molecule has 0 saturated heterocycles. The number of carbonyl (C=O) groups is 3. The summed E-state index contributed by atoms with van der Waals surface area (Å²) in [4.78, 5) is 38.9. The van der Waals surface area contributed by atoms with Crippen LogP contribution in [0, 0.1) is 0 Å². The van der Waals surface area contributed by atoms with Gasteiger partial charge in [-0.1, -0.05) is 12.1 Å². The maximum atomic E-state index is 12.9. The molecule has 0 aliphatic carbocycles. The fourth-order valence-electron chi connectivity index (χ4n) is 3.36. The van der Waals surface area contributed by atoms with E-state index in [1.807, 2.05) is 12.1 Å². The Hall–Kier alpha value is -4.13. The summed E-state index contributed by atoms with van der Waals surface area (Å²) in [6.45, 7) is 0. The summed E-state index contributed by atoms with van der Waals surface area (Å²) in [5.74, 6) is -0.482. The van der Waals surface area contributed by atoms with Crippen LogP contribution in [0.25, 0.3) is 0 Å². The minimum Gasteiger partial charge on any atom is -0.497 e. The van der Waals surface area contributed by atoms with Crippen LogP contribution in [0.3, 0.4) is 0 Å². The average Bonchev–Trinajstić information content (AvgIpc) is 3.03. The normalized spacial score (nSPS) is 12.6. The molecule has 2 amide bonds. The molecule has 1 heterocycles. The predicted octanol–water partition coefficient (Wildman–Crippen LogP) is 3.62. The molecule has 0 saturated carbocycles. The zero-order chi connectivity index (χ0) is 22.0. The summed E-state index contributed by atoms with van der Waals surface area (Å²) < 4.78 is 10.5. The lowest BCUT2D eigenvalue weighted by molar-refractivity contribution is -0.134. The highest BCUT2D eigenvalue weighted by atomic mass is 16.5. The number of esters is 1. The van der Waals surface area contributed by atoms with Crippen LogP contribution in [0.2, 0.25) is 0 Å². The molecular weight excluding hydrogens is 396 g/mol. The van der Waals surface area contributed by atoms with Crippen LogP contribution in [0.4, 0.5) is 11.4 Å². The molecule has 1 aliphatic rings. The van der Waals surface area contributed by atoms with Gasteiger partial charge in [0.25, 0.3) is 11.8 Å². The van der Waals surface area contributed by atoms with E-state index in [-0.39, 0.29) is 23.3 Å². The molecule has 0 bridgehead atoms. The Morgan fingerprint density at radius 2 is 1.52 bits per heavy atom. The number of ether oxygens (including phenoxy) is 2. The van der Waals surface area contributed by atoms with Crippen molar-refractivity contribution in [1.82, 2.24) is 0 Å². The van der Waals surface area contributed by atoms with Gasteiger partial charge in [-0.15, -0.1) is 0 Å². The smallest absolute Gasteiger partial charge is 0.311 e. The van der Waals surface area contributed by atoms with Gasteiger partial charge in [0.15, 0.2) is 0 Å². The van der Waals surface area contributed by atoms with E-state index in [0.29, 0.717) is 23.5 Å². The van der Waals surface area contributed by atoms with Crippen molar-refractivity contribution in [1.29, 1.82) is 0 Å². The molecule has 3 aromatic carbocycles. The molecule has 31 heavy (non-hydrogen) atoms. The van der Waals surface area contributed by atoms with Crippen molar-refractivity contribution in [3.63, 3.8) is 0 Å². The number of aryl methyl sites for hydroxylation is 1.